The molecule has 0 amide bonds. The van der Waals surface area contributed by atoms with Crippen molar-refractivity contribution in [3.05, 3.63) is 78.9 Å². The Morgan fingerprint density at radius 3 is 1.61 bits per heavy atom. The summed E-state index contributed by atoms with van der Waals surface area (Å²) in [5, 5.41) is 28.2. The lowest BCUT2D eigenvalue weighted by Gasteiger charge is -2.37. The molecule has 2 atom stereocenters. The highest BCUT2D eigenvalue weighted by molar-refractivity contribution is 6.05. The highest BCUT2D eigenvalue weighted by atomic mass is 16.3. The van der Waals surface area contributed by atoms with E-state index >= 15 is 0 Å². The summed E-state index contributed by atoms with van der Waals surface area (Å²) >= 11 is 0. The van der Waals surface area contributed by atoms with Crippen molar-refractivity contribution in [3.63, 3.8) is 0 Å². The first-order valence-corrected chi connectivity index (χ1v) is 9.76. The normalized spacial score (nSPS) is 12.9. The molecule has 2 aromatic rings. The van der Waals surface area contributed by atoms with E-state index in [0.29, 0.717) is 17.1 Å². The number of anilines is 1. The molecule has 2 N–H and O–H groups in total. The lowest BCUT2D eigenvalue weighted by Crippen LogP contribution is -2.54. The minimum absolute atomic E-state index is 0.233. The molecule has 162 valence electrons. The molecule has 7 nitrogen and oxygen atoms in total. The highest BCUT2D eigenvalue weighted by Gasteiger charge is 2.35. The third-order valence-corrected chi connectivity index (χ3v) is 4.65. The summed E-state index contributed by atoms with van der Waals surface area (Å²) in [4.78, 5) is 26.8. The van der Waals surface area contributed by atoms with E-state index in [4.69, 9.17) is 0 Å². The van der Waals surface area contributed by atoms with E-state index in [1.165, 1.54) is 18.7 Å². The van der Waals surface area contributed by atoms with E-state index in [1.807, 2.05) is 30.3 Å². The van der Waals surface area contributed by atoms with Crippen LogP contribution in [0.25, 0.3) is 0 Å². The van der Waals surface area contributed by atoms with Crippen LogP contribution in [0.4, 0.5) is 17.1 Å². The zero-order valence-electron chi connectivity index (χ0n) is 17.7. The smallest absolute Gasteiger partial charge is 0.182 e. The number of carbonyl (C=O) groups excluding carboxylic acids is 2. The topological polar surface area (TPSA) is 103 Å². The second-order valence-electron chi connectivity index (χ2n) is 7.15. The van der Waals surface area contributed by atoms with E-state index < -0.39 is 36.9 Å². The average molecular weight is 421 g/mol. The standard InChI is InChI=1S/C24H27N3O4/c1-16(2)23(30)21(14-28)27(22(15-29)24(31)17(3)4)20-12-10-19(11-13-20)26-25-18-8-6-5-7-9-18/h5-13,21-22,28-29H,1,3,14-15H2,2,4H3. The van der Waals surface area contributed by atoms with Gasteiger partial charge in [0.2, 0.25) is 0 Å². The van der Waals surface area contributed by atoms with E-state index in [2.05, 4.69) is 23.4 Å². The largest absolute Gasteiger partial charge is 0.394 e. The number of ketones is 2. The fourth-order valence-electron chi connectivity index (χ4n) is 3.04. The first-order chi connectivity index (χ1) is 14.8. The fourth-order valence-corrected chi connectivity index (χ4v) is 3.04. The lowest BCUT2D eigenvalue weighted by molar-refractivity contribution is -0.119. The summed E-state index contributed by atoms with van der Waals surface area (Å²) in [6, 6.07) is 13.7. The van der Waals surface area contributed by atoms with Gasteiger partial charge in [0.15, 0.2) is 11.6 Å². The molecular formula is C24H27N3O4. The second kappa shape index (κ2) is 11.1. The van der Waals surface area contributed by atoms with Gasteiger partial charge in [0.1, 0.15) is 12.1 Å². The van der Waals surface area contributed by atoms with Crippen molar-refractivity contribution >= 4 is 28.6 Å². The maximum absolute atomic E-state index is 12.7. The van der Waals surface area contributed by atoms with Gasteiger partial charge in [0, 0.05) is 5.69 Å². The first kappa shape index (κ1) is 23.9. The third-order valence-electron chi connectivity index (χ3n) is 4.65. The number of carbonyl (C=O) groups is 2. The van der Waals surface area contributed by atoms with Crippen molar-refractivity contribution in [1.29, 1.82) is 0 Å². The summed E-state index contributed by atoms with van der Waals surface area (Å²) in [6.45, 7) is 9.26. The van der Waals surface area contributed by atoms with Crippen molar-refractivity contribution in [2.24, 2.45) is 10.2 Å². The van der Waals surface area contributed by atoms with Gasteiger partial charge in [0.05, 0.1) is 24.6 Å². The van der Waals surface area contributed by atoms with Crippen LogP contribution in [0.2, 0.25) is 0 Å². The number of aliphatic hydroxyl groups is 2. The molecule has 0 radical (unpaired) electrons. The fraction of sp³-hybridized carbons (Fsp3) is 0.250. The molecule has 0 spiro atoms. The molecule has 0 heterocycles. The van der Waals surface area contributed by atoms with Gasteiger partial charge in [-0.2, -0.15) is 10.2 Å². The van der Waals surface area contributed by atoms with Gasteiger partial charge < -0.3 is 15.1 Å². The van der Waals surface area contributed by atoms with Gasteiger partial charge >= 0.3 is 0 Å². The van der Waals surface area contributed by atoms with Crippen molar-refractivity contribution in [3.8, 4) is 0 Å². The molecule has 2 unspecified atom stereocenters. The molecule has 0 aliphatic carbocycles. The minimum atomic E-state index is -1.09. The number of rotatable bonds is 11. The molecule has 0 aliphatic heterocycles. The molecule has 2 aromatic carbocycles. The molecular weight excluding hydrogens is 394 g/mol. The summed E-state index contributed by atoms with van der Waals surface area (Å²) in [5.41, 5.74) is 2.19. The molecule has 0 bridgehead atoms. The van der Waals surface area contributed by atoms with E-state index in [1.54, 1.807) is 24.3 Å². The molecule has 0 fully saturated rings. The molecule has 31 heavy (non-hydrogen) atoms. The molecule has 0 aromatic heterocycles. The van der Waals surface area contributed by atoms with Crippen LogP contribution in [0, 0.1) is 0 Å². The van der Waals surface area contributed by atoms with E-state index in [0.717, 1.165) is 0 Å². The Kier molecular flexibility index (Phi) is 8.54. The van der Waals surface area contributed by atoms with Gasteiger partial charge in [0.25, 0.3) is 0 Å². The number of hydrogen-bond donors (Lipinski definition) is 2. The van der Waals surface area contributed by atoms with Gasteiger partial charge in [-0.1, -0.05) is 31.4 Å². The number of hydrogen-bond acceptors (Lipinski definition) is 7. The van der Waals surface area contributed by atoms with Crippen molar-refractivity contribution in [2.75, 3.05) is 18.1 Å². The van der Waals surface area contributed by atoms with Crippen LogP contribution in [-0.2, 0) is 9.59 Å². The second-order valence-corrected chi connectivity index (χ2v) is 7.15. The van der Waals surface area contributed by atoms with Gasteiger partial charge in [-0.3, -0.25) is 9.59 Å². The van der Waals surface area contributed by atoms with Crippen molar-refractivity contribution < 1.29 is 19.8 Å². The van der Waals surface area contributed by atoms with Crippen LogP contribution >= 0.6 is 0 Å². The SMILES string of the molecule is C=C(C)C(=O)C(CO)N(c1ccc(N=Nc2ccccc2)cc1)C(CO)C(=O)C(=C)C. The minimum Gasteiger partial charge on any atom is -0.394 e. The molecule has 0 saturated carbocycles. The Morgan fingerprint density at radius 2 is 1.23 bits per heavy atom. The summed E-state index contributed by atoms with van der Waals surface area (Å²) in [7, 11) is 0. The number of azo groups is 1. The Balaban J connectivity index is 2.44. The van der Waals surface area contributed by atoms with Crippen molar-refractivity contribution in [2.45, 2.75) is 25.9 Å². The highest BCUT2D eigenvalue weighted by Crippen LogP contribution is 2.27. The zero-order chi connectivity index (χ0) is 23.0. The Hall–Kier alpha value is -3.42. The number of Topliss-reactive ketones (excluding diaryl/α,β-unsaturated/α-hetero) is 2. The van der Waals surface area contributed by atoms with Gasteiger partial charge in [-0.25, -0.2) is 0 Å². The van der Waals surface area contributed by atoms with Crippen LogP contribution in [0.3, 0.4) is 0 Å². The van der Waals surface area contributed by atoms with Crippen LogP contribution < -0.4 is 4.90 Å². The quantitative estimate of drug-likeness (QED) is 0.423. The maximum atomic E-state index is 12.7. The third kappa shape index (κ3) is 6.04. The molecule has 0 aliphatic rings. The summed E-state index contributed by atoms with van der Waals surface area (Å²) < 4.78 is 0. The summed E-state index contributed by atoms with van der Waals surface area (Å²) in [5.74, 6) is -0.855. The molecule has 2 rings (SSSR count). The Labute approximate surface area is 182 Å². The Morgan fingerprint density at radius 1 is 0.806 bits per heavy atom. The zero-order valence-corrected chi connectivity index (χ0v) is 17.7. The van der Waals surface area contributed by atoms with E-state index in [9.17, 15) is 19.8 Å². The lowest BCUT2D eigenvalue weighted by atomic mass is 9.98. The van der Waals surface area contributed by atoms with Crippen LogP contribution in [0.1, 0.15) is 13.8 Å². The van der Waals surface area contributed by atoms with Gasteiger partial charge in [-0.15, -0.1) is 0 Å². The number of benzene rings is 2. The number of aliphatic hydroxyl groups excluding tert-OH is 2. The van der Waals surface area contributed by atoms with Crippen molar-refractivity contribution in [1.82, 2.24) is 0 Å². The van der Waals surface area contributed by atoms with Crippen LogP contribution in [-0.4, -0.2) is 47.1 Å². The monoisotopic (exact) mass is 421 g/mol. The number of nitrogens with zero attached hydrogens (tertiary/aromatic N) is 3. The van der Waals surface area contributed by atoms with E-state index in [-0.39, 0.29) is 11.1 Å². The first-order valence-electron chi connectivity index (χ1n) is 9.76. The Bertz CT molecular complexity index is 934. The average Bonchev–Trinajstić information content (AvgIpc) is 2.78. The van der Waals surface area contributed by atoms with Crippen LogP contribution in [0.15, 0.2) is 89.1 Å². The predicted octanol–water partition coefficient (Wildman–Crippen LogP) is 3.92. The molecule has 7 heteroatoms. The summed E-state index contributed by atoms with van der Waals surface area (Å²) in [6.07, 6.45) is 0. The molecule has 0 saturated heterocycles. The maximum Gasteiger partial charge on any atom is 0.182 e. The predicted molar refractivity (Wildman–Crippen MR) is 121 cm³/mol. The van der Waals surface area contributed by atoms with Gasteiger partial charge in [-0.05, 0) is 61.4 Å². The van der Waals surface area contributed by atoms with Crippen LogP contribution in [0.5, 0.6) is 0 Å².